The first-order valence-electron chi connectivity index (χ1n) is 4.88. The lowest BCUT2D eigenvalue weighted by atomic mass is 10.3. The minimum Gasteiger partial charge on any atom is -0.348 e. The van der Waals surface area contributed by atoms with Crippen LogP contribution in [-0.4, -0.2) is 19.0 Å². The largest absolute Gasteiger partial charge is 0.348 e. The number of amides is 1. The van der Waals surface area contributed by atoms with Crippen LogP contribution in [0.4, 0.5) is 0 Å². The molecule has 0 aliphatic rings. The predicted octanol–water partition coefficient (Wildman–Crippen LogP) is 1.70. The van der Waals surface area contributed by atoms with Crippen LogP contribution in [0.15, 0.2) is 30.2 Å². The first-order valence-corrected chi connectivity index (χ1v) is 5.76. The number of carbonyl (C=O) groups is 1. The van der Waals surface area contributed by atoms with Crippen LogP contribution >= 0.6 is 11.3 Å². The van der Waals surface area contributed by atoms with Crippen LogP contribution in [0.2, 0.25) is 0 Å². The molecular weight excluding hydrogens is 208 g/mol. The molecule has 1 aromatic rings. The molecule has 0 saturated heterocycles. The van der Waals surface area contributed by atoms with Gasteiger partial charge in [-0.05, 0) is 18.4 Å². The van der Waals surface area contributed by atoms with E-state index in [1.54, 1.807) is 17.4 Å². The Morgan fingerprint density at radius 3 is 3.13 bits per heavy atom. The van der Waals surface area contributed by atoms with E-state index >= 15 is 0 Å². The molecule has 0 unspecified atom stereocenters. The van der Waals surface area contributed by atoms with Gasteiger partial charge in [-0.3, -0.25) is 4.79 Å². The van der Waals surface area contributed by atoms with Crippen LogP contribution in [0.1, 0.15) is 17.8 Å². The van der Waals surface area contributed by atoms with Crippen LogP contribution in [0.25, 0.3) is 0 Å². The molecule has 0 aliphatic heterocycles. The van der Waals surface area contributed by atoms with Gasteiger partial charge in [0, 0.05) is 11.4 Å². The third-order valence-electron chi connectivity index (χ3n) is 1.92. The molecule has 0 fully saturated rings. The lowest BCUT2D eigenvalue weighted by Gasteiger charge is -2.12. The number of hydrogen-bond acceptors (Lipinski definition) is 3. The van der Waals surface area contributed by atoms with Gasteiger partial charge in [0.15, 0.2) is 0 Å². The maximum Gasteiger partial charge on any atom is 0.234 e. The fourth-order valence-corrected chi connectivity index (χ4v) is 1.92. The molecule has 1 rings (SSSR count). The summed E-state index contributed by atoms with van der Waals surface area (Å²) in [4.78, 5) is 12.6. The Hall–Kier alpha value is -1.13. The van der Waals surface area contributed by atoms with Gasteiger partial charge in [0.05, 0.1) is 12.6 Å². The summed E-state index contributed by atoms with van der Waals surface area (Å²) in [7, 11) is 0. The van der Waals surface area contributed by atoms with Crippen molar-refractivity contribution >= 4 is 17.2 Å². The van der Waals surface area contributed by atoms with Crippen molar-refractivity contribution in [3.8, 4) is 0 Å². The number of carbonyl (C=O) groups excluding carboxylic acids is 1. The number of rotatable bonds is 6. The Morgan fingerprint density at radius 2 is 2.53 bits per heavy atom. The molecule has 0 saturated carbocycles. The molecule has 1 amide bonds. The zero-order valence-corrected chi connectivity index (χ0v) is 9.64. The van der Waals surface area contributed by atoms with E-state index in [0.29, 0.717) is 13.1 Å². The van der Waals surface area contributed by atoms with Crippen LogP contribution in [-0.2, 0) is 4.79 Å². The highest BCUT2D eigenvalue weighted by molar-refractivity contribution is 7.10. The van der Waals surface area contributed by atoms with E-state index in [0.717, 1.165) is 0 Å². The van der Waals surface area contributed by atoms with E-state index in [-0.39, 0.29) is 11.9 Å². The fourth-order valence-electron chi connectivity index (χ4n) is 1.19. The van der Waals surface area contributed by atoms with Gasteiger partial charge in [-0.2, -0.15) is 0 Å². The molecular formula is C11H16N2OS. The molecule has 82 valence electrons. The summed E-state index contributed by atoms with van der Waals surface area (Å²) in [6.45, 7) is 6.54. The molecule has 15 heavy (non-hydrogen) atoms. The van der Waals surface area contributed by atoms with Crippen molar-refractivity contribution < 1.29 is 4.79 Å². The second-order valence-electron chi connectivity index (χ2n) is 3.22. The van der Waals surface area contributed by atoms with E-state index in [4.69, 9.17) is 0 Å². The predicted molar refractivity (Wildman–Crippen MR) is 63.9 cm³/mol. The molecule has 0 aliphatic carbocycles. The van der Waals surface area contributed by atoms with Gasteiger partial charge in [0.25, 0.3) is 0 Å². The monoisotopic (exact) mass is 224 g/mol. The van der Waals surface area contributed by atoms with Crippen molar-refractivity contribution in [2.45, 2.75) is 13.0 Å². The lowest BCUT2D eigenvalue weighted by Crippen LogP contribution is -2.35. The average molecular weight is 224 g/mol. The smallest absolute Gasteiger partial charge is 0.234 e. The minimum atomic E-state index is 0.0118. The van der Waals surface area contributed by atoms with Crippen LogP contribution in [0.3, 0.4) is 0 Å². The summed E-state index contributed by atoms with van der Waals surface area (Å²) in [5, 5.41) is 7.88. The van der Waals surface area contributed by atoms with Gasteiger partial charge in [-0.15, -0.1) is 17.9 Å². The van der Waals surface area contributed by atoms with Crippen molar-refractivity contribution in [3.63, 3.8) is 0 Å². The van der Waals surface area contributed by atoms with Gasteiger partial charge in [0.1, 0.15) is 0 Å². The molecule has 2 N–H and O–H groups in total. The SMILES string of the molecule is C=CCNCC(=O)N[C@H](C)c1cccs1. The third kappa shape index (κ3) is 4.27. The zero-order chi connectivity index (χ0) is 11.1. The number of nitrogens with one attached hydrogen (secondary N) is 2. The molecule has 0 radical (unpaired) electrons. The molecule has 4 heteroatoms. The summed E-state index contributed by atoms with van der Waals surface area (Å²) in [6.07, 6.45) is 1.73. The van der Waals surface area contributed by atoms with E-state index < -0.39 is 0 Å². The summed E-state index contributed by atoms with van der Waals surface area (Å²) < 4.78 is 0. The topological polar surface area (TPSA) is 41.1 Å². The van der Waals surface area contributed by atoms with Gasteiger partial charge in [-0.25, -0.2) is 0 Å². The first kappa shape index (κ1) is 11.9. The van der Waals surface area contributed by atoms with Gasteiger partial charge >= 0.3 is 0 Å². The minimum absolute atomic E-state index is 0.0118. The Morgan fingerprint density at radius 1 is 1.73 bits per heavy atom. The Labute approximate surface area is 94.2 Å². The normalized spacial score (nSPS) is 12.1. The standard InChI is InChI=1S/C11H16N2OS/c1-3-6-12-8-11(14)13-9(2)10-5-4-7-15-10/h3-5,7,9,12H,1,6,8H2,2H3,(H,13,14)/t9-/m1/s1. The summed E-state index contributed by atoms with van der Waals surface area (Å²) in [5.74, 6) is 0.0118. The van der Waals surface area contributed by atoms with Gasteiger partial charge < -0.3 is 10.6 Å². The highest BCUT2D eigenvalue weighted by Gasteiger charge is 2.08. The average Bonchev–Trinajstić information content (AvgIpc) is 2.70. The maximum absolute atomic E-state index is 11.4. The zero-order valence-electron chi connectivity index (χ0n) is 8.82. The molecule has 1 heterocycles. The van der Waals surface area contributed by atoms with E-state index in [1.165, 1.54) is 4.88 Å². The van der Waals surface area contributed by atoms with Crippen molar-refractivity contribution in [2.75, 3.05) is 13.1 Å². The second kappa shape index (κ2) is 6.37. The highest BCUT2D eigenvalue weighted by atomic mass is 32.1. The molecule has 1 aromatic heterocycles. The van der Waals surface area contributed by atoms with Crippen molar-refractivity contribution in [1.29, 1.82) is 0 Å². The highest BCUT2D eigenvalue weighted by Crippen LogP contribution is 2.17. The van der Waals surface area contributed by atoms with Gasteiger partial charge in [0.2, 0.25) is 5.91 Å². The fraction of sp³-hybridized carbons (Fsp3) is 0.364. The van der Waals surface area contributed by atoms with Crippen LogP contribution in [0, 0.1) is 0 Å². The Bertz CT molecular complexity index is 308. The summed E-state index contributed by atoms with van der Waals surface area (Å²) in [5.41, 5.74) is 0. The summed E-state index contributed by atoms with van der Waals surface area (Å²) in [6, 6.07) is 4.09. The van der Waals surface area contributed by atoms with Crippen molar-refractivity contribution in [3.05, 3.63) is 35.0 Å². The Kier molecular flexibility index (Phi) is 5.07. The van der Waals surface area contributed by atoms with Gasteiger partial charge in [-0.1, -0.05) is 12.1 Å². The van der Waals surface area contributed by atoms with Crippen molar-refractivity contribution in [2.24, 2.45) is 0 Å². The third-order valence-corrected chi connectivity index (χ3v) is 2.98. The number of hydrogen-bond donors (Lipinski definition) is 2. The Balaban J connectivity index is 2.28. The molecule has 3 nitrogen and oxygen atoms in total. The second-order valence-corrected chi connectivity index (χ2v) is 4.20. The molecule has 0 spiro atoms. The summed E-state index contributed by atoms with van der Waals surface area (Å²) >= 11 is 1.65. The van der Waals surface area contributed by atoms with E-state index in [9.17, 15) is 4.79 Å². The van der Waals surface area contributed by atoms with Crippen molar-refractivity contribution in [1.82, 2.24) is 10.6 Å². The molecule has 0 aromatic carbocycles. The first-order chi connectivity index (χ1) is 7.24. The maximum atomic E-state index is 11.4. The quantitative estimate of drug-likeness (QED) is 0.570. The molecule has 0 bridgehead atoms. The van der Waals surface area contributed by atoms with Crippen LogP contribution < -0.4 is 10.6 Å². The van der Waals surface area contributed by atoms with Crippen LogP contribution in [0.5, 0.6) is 0 Å². The van der Waals surface area contributed by atoms with E-state index in [1.807, 2.05) is 24.4 Å². The van der Waals surface area contributed by atoms with E-state index in [2.05, 4.69) is 17.2 Å². The lowest BCUT2D eigenvalue weighted by molar-refractivity contribution is -0.120. The molecule has 1 atom stereocenters. The number of thiophene rings is 1.